The molecule has 3 rings (SSSR count). The van der Waals surface area contributed by atoms with E-state index in [-0.39, 0.29) is 36.4 Å². The summed E-state index contributed by atoms with van der Waals surface area (Å²) in [6.45, 7) is 4.64. The van der Waals surface area contributed by atoms with Gasteiger partial charge in [-0.2, -0.15) is 0 Å². The van der Waals surface area contributed by atoms with Crippen LogP contribution in [0.1, 0.15) is 25.3 Å². The number of guanidine groups is 1. The maximum atomic E-state index is 5.78. The summed E-state index contributed by atoms with van der Waals surface area (Å²) >= 11 is 3.51. The molecule has 24 heavy (non-hydrogen) atoms. The Morgan fingerprint density at radius 1 is 1.33 bits per heavy atom. The molecule has 1 unspecified atom stereocenters. The lowest BCUT2D eigenvalue weighted by Crippen LogP contribution is -2.45. The molecule has 0 aromatic heterocycles. The van der Waals surface area contributed by atoms with Crippen molar-refractivity contribution in [2.45, 2.75) is 31.9 Å². The summed E-state index contributed by atoms with van der Waals surface area (Å²) in [4.78, 5) is 4.26. The van der Waals surface area contributed by atoms with Crippen LogP contribution >= 0.6 is 39.9 Å². The highest BCUT2D eigenvalue weighted by atomic mass is 127. The number of nitrogens with one attached hydrogen (secondary N) is 2. The standard InChI is InChI=1S/C16H22BrN3O3.HI/c1-16(4-3-5-23-16)9-20-15(18-2)19-8-11-6-12(17)14-13(7-11)21-10-22-14;/h6-7H,3-5,8-10H2,1-2H3,(H2,18,19,20);1H. The molecule has 1 aromatic rings. The Bertz CT molecular complexity index is 606. The van der Waals surface area contributed by atoms with Crippen molar-refractivity contribution in [1.29, 1.82) is 0 Å². The largest absolute Gasteiger partial charge is 0.454 e. The van der Waals surface area contributed by atoms with Gasteiger partial charge in [-0.3, -0.25) is 4.99 Å². The normalized spacial score (nSPS) is 22.2. The summed E-state index contributed by atoms with van der Waals surface area (Å²) in [5.41, 5.74) is 0.992. The average molecular weight is 512 g/mol. The van der Waals surface area contributed by atoms with Gasteiger partial charge in [-0.1, -0.05) is 0 Å². The number of benzene rings is 1. The van der Waals surface area contributed by atoms with Crippen molar-refractivity contribution in [2.24, 2.45) is 4.99 Å². The quantitative estimate of drug-likeness (QED) is 0.369. The van der Waals surface area contributed by atoms with E-state index in [0.29, 0.717) is 6.54 Å². The minimum Gasteiger partial charge on any atom is -0.454 e. The number of hydrogen-bond acceptors (Lipinski definition) is 4. The molecule has 134 valence electrons. The molecule has 0 amide bonds. The molecule has 8 heteroatoms. The Morgan fingerprint density at radius 2 is 2.17 bits per heavy atom. The fourth-order valence-corrected chi connectivity index (χ4v) is 3.38. The van der Waals surface area contributed by atoms with E-state index in [0.717, 1.165) is 53.5 Å². The van der Waals surface area contributed by atoms with Gasteiger partial charge in [0.05, 0.1) is 10.1 Å². The first-order chi connectivity index (χ1) is 11.1. The van der Waals surface area contributed by atoms with Crippen molar-refractivity contribution in [3.63, 3.8) is 0 Å². The van der Waals surface area contributed by atoms with Gasteiger partial charge in [0.2, 0.25) is 6.79 Å². The summed E-state index contributed by atoms with van der Waals surface area (Å²) < 4.78 is 17.5. The molecular weight excluding hydrogens is 489 g/mol. The summed E-state index contributed by atoms with van der Waals surface area (Å²) in [6.07, 6.45) is 2.20. The van der Waals surface area contributed by atoms with Crippen molar-refractivity contribution in [3.05, 3.63) is 22.2 Å². The van der Waals surface area contributed by atoms with Gasteiger partial charge in [0.1, 0.15) is 0 Å². The van der Waals surface area contributed by atoms with Crippen LogP contribution in [0.2, 0.25) is 0 Å². The maximum absolute atomic E-state index is 5.78. The second kappa shape index (κ2) is 8.57. The van der Waals surface area contributed by atoms with Crippen molar-refractivity contribution in [2.75, 3.05) is 27.0 Å². The predicted octanol–water partition coefficient (Wildman–Crippen LogP) is 3.03. The summed E-state index contributed by atoms with van der Waals surface area (Å²) in [6, 6.07) is 4.00. The molecule has 1 aromatic carbocycles. The molecule has 2 aliphatic heterocycles. The SMILES string of the molecule is CN=C(NCc1cc(Br)c2c(c1)OCO2)NCC1(C)CCCO1.I. The Labute approximate surface area is 167 Å². The fourth-order valence-electron chi connectivity index (χ4n) is 2.78. The van der Waals surface area contributed by atoms with E-state index < -0.39 is 0 Å². The van der Waals surface area contributed by atoms with Gasteiger partial charge in [-0.25, -0.2) is 0 Å². The molecule has 0 radical (unpaired) electrons. The van der Waals surface area contributed by atoms with E-state index in [4.69, 9.17) is 14.2 Å². The van der Waals surface area contributed by atoms with Crippen molar-refractivity contribution in [1.82, 2.24) is 10.6 Å². The monoisotopic (exact) mass is 511 g/mol. The van der Waals surface area contributed by atoms with Crippen LogP contribution in [-0.4, -0.2) is 38.6 Å². The highest BCUT2D eigenvalue weighted by molar-refractivity contribution is 14.0. The number of halogens is 2. The first-order valence-electron chi connectivity index (χ1n) is 7.76. The number of nitrogens with zero attached hydrogens (tertiary/aromatic N) is 1. The molecule has 1 saturated heterocycles. The van der Waals surface area contributed by atoms with Crippen LogP contribution in [-0.2, 0) is 11.3 Å². The van der Waals surface area contributed by atoms with Crippen LogP contribution in [0.4, 0.5) is 0 Å². The second-order valence-corrected chi connectivity index (χ2v) is 6.85. The van der Waals surface area contributed by atoms with Gasteiger partial charge >= 0.3 is 0 Å². The minimum absolute atomic E-state index is 0. The van der Waals surface area contributed by atoms with Gasteiger partial charge < -0.3 is 24.8 Å². The lowest BCUT2D eigenvalue weighted by molar-refractivity contribution is 0.0243. The molecule has 2 heterocycles. The van der Waals surface area contributed by atoms with E-state index in [1.54, 1.807) is 7.05 Å². The van der Waals surface area contributed by atoms with Gasteiger partial charge in [0, 0.05) is 26.7 Å². The zero-order chi connectivity index (χ0) is 16.3. The average Bonchev–Trinajstić information content (AvgIpc) is 3.17. The Morgan fingerprint density at radius 3 is 2.88 bits per heavy atom. The number of rotatable bonds is 4. The zero-order valence-corrected chi connectivity index (χ0v) is 17.8. The molecule has 6 nitrogen and oxygen atoms in total. The minimum atomic E-state index is -0.0978. The van der Waals surface area contributed by atoms with Crippen LogP contribution in [0, 0.1) is 0 Å². The van der Waals surface area contributed by atoms with Crippen LogP contribution in [0.25, 0.3) is 0 Å². The second-order valence-electron chi connectivity index (χ2n) is 5.99. The van der Waals surface area contributed by atoms with Crippen LogP contribution in [0.15, 0.2) is 21.6 Å². The van der Waals surface area contributed by atoms with Gasteiger partial charge in [-0.05, 0) is 53.4 Å². The smallest absolute Gasteiger partial charge is 0.231 e. The lowest BCUT2D eigenvalue weighted by Gasteiger charge is -2.24. The molecular formula is C16H23BrIN3O3. The van der Waals surface area contributed by atoms with E-state index in [2.05, 4.69) is 38.5 Å². The fraction of sp³-hybridized carbons (Fsp3) is 0.562. The van der Waals surface area contributed by atoms with Gasteiger partial charge in [0.25, 0.3) is 0 Å². The van der Waals surface area contributed by atoms with E-state index in [9.17, 15) is 0 Å². The van der Waals surface area contributed by atoms with Crippen LogP contribution < -0.4 is 20.1 Å². The number of fused-ring (bicyclic) bond motifs is 1. The number of hydrogen-bond donors (Lipinski definition) is 2. The number of aliphatic imine (C=N–C) groups is 1. The van der Waals surface area contributed by atoms with Crippen molar-refractivity contribution < 1.29 is 14.2 Å². The molecule has 2 N–H and O–H groups in total. The summed E-state index contributed by atoms with van der Waals surface area (Å²) in [7, 11) is 1.77. The van der Waals surface area contributed by atoms with E-state index in [1.165, 1.54) is 0 Å². The third-order valence-corrected chi connectivity index (χ3v) is 4.69. The lowest BCUT2D eigenvalue weighted by atomic mass is 10.0. The molecule has 2 aliphatic rings. The molecule has 1 fully saturated rings. The first kappa shape index (κ1) is 19.6. The Kier molecular flexibility index (Phi) is 6.99. The third kappa shape index (κ3) is 4.66. The topological polar surface area (TPSA) is 64.1 Å². The van der Waals surface area contributed by atoms with Gasteiger partial charge in [0.15, 0.2) is 17.5 Å². The Balaban J connectivity index is 0.00000208. The van der Waals surface area contributed by atoms with E-state index in [1.807, 2.05) is 12.1 Å². The Hall–Kier alpha value is -0.740. The molecule has 0 bridgehead atoms. The zero-order valence-electron chi connectivity index (χ0n) is 13.9. The third-order valence-electron chi connectivity index (χ3n) is 4.10. The van der Waals surface area contributed by atoms with Crippen molar-refractivity contribution >= 4 is 45.9 Å². The first-order valence-corrected chi connectivity index (χ1v) is 8.55. The summed E-state index contributed by atoms with van der Waals surface area (Å²) in [5, 5.41) is 6.65. The highest BCUT2D eigenvalue weighted by Crippen LogP contribution is 2.39. The van der Waals surface area contributed by atoms with Crippen LogP contribution in [0.3, 0.4) is 0 Å². The van der Waals surface area contributed by atoms with Crippen LogP contribution in [0.5, 0.6) is 11.5 Å². The van der Waals surface area contributed by atoms with E-state index >= 15 is 0 Å². The molecule has 1 atom stereocenters. The highest BCUT2D eigenvalue weighted by Gasteiger charge is 2.29. The number of ether oxygens (including phenoxy) is 3. The predicted molar refractivity (Wildman–Crippen MR) is 107 cm³/mol. The summed E-state index contributed by atoms with van der Waals surface area (Å²) in [5.74, 6) is 2.30. The molecule has 0 spiro atoms. The molecule has 0 aliphatic carbocycles. The van der Waals surface area contributed by atoms with Gasteiger partial charge in [-0.15, -0.1) is 24.0 Å². The van der Waals surface area contributed by atoms with Crippen molar-refractivity contribution in [3.8, 4) is 11.5 Å². The molecule has 0 saturated carbocycles. The maximum Gasteiger partial charge on any atom is 0.231 e.